The fraction of sp³-hybridized carbons (Fsp3) is 0.333. The third-order valence-corrected chi connectivity index (χ3v) is 3.31. The molecule has 1 heterocycles. The lowest BCUT2D eigenvalue weighted by Gasteiger charge is -2.18. The maximum atomic E-state index is 5.87. The lowest BCUT2D eigenvalue weighted by atomic mass is 9.96. The van der Waals surface area contributed by atoms with Crippen LogP contribution in [0.4, 0.5) is 5.82 Å². The van der Waals surface area contributed by atoms with E-state index in [9.17, 15) is 0 Å². The molecule has 0 unspecified atom stereocenters. The maximum absolute atomic E-state index is 5.87. The minimum Gasteiger partial charge on any atom is -0.367 e. The Morgan fingerprint density at radius 1 is 1.25 bits per heavy atom. The smallest absolute Gasteiger partial charge is 0.131 e. The van der Waals surface area contributed by atoms with Crippen LogP contribution in [0.2, 0.25) is 5.02 Å². The quantitative estimate of drug-likeness (QED) is 0.807. The van der Waals surface area contributed by atoms with Crippen LogP contribution >= 0.6 is 23.8 Å². The van der Waals surface area contributed by atoms with Crippen LogP contribution in [-0.4, -0.2) is 9.97 Å². The summed E-state index contributed by atoms with van der Waals surface area (Å²) >= 11 is 11.1. The van der Waals surface area contributed by atoms with E-state index in [2.05, 4.69) is 36.1 Å². The average Bonchev–Trinajstić information content (AvgIpc) is 2.36. The van der Waals surface area contributed by atoms with Crippen molar-refractivity contribution in [1.29, 1.82) is 0 Å². The Morgan fingerprint density at radius 3 is 2.50 bits per heavy atom. The number of H-pyrrole nitrogens is 1. The molecule has 1 aromatic carbocycles. The summed E-state index contributed by atoms with van der Waals surface area (Å²) in [7, 11) is 0. The van der Waals surface area contributed by atoms with E-state index in [-0.39, 0.29) is 5.41 Å². The third kappa shape index (κ3) is 4.05. The Morgan fingerprint density at radius 2 is 1.90 bits per heavy atom. The van der Waals surface area contributed by atoms with E-state index < -0.39 is 0 Å². The normalized spacial score (nSPS) is 11.4. The Bertz CT molecular complexity index is 641. The van der Waals surface area contributed by atoms with Gasteiger partial charge in [0.15, 0.2) is 0 Å². The second-order valence-electron chi connectivity index (χ2n) is 5.71. The van der Waals surface area contributed by atoms with Gasteiger partial charge < -0.3 is 10.3 Å². The Kier molecular flexibility index (Phi) is 4.45. The maximum Gasteiger partial charge on any atom is 0.131 e. The van der Waals surface area contributed by atoms with E-state index in [0.717, 1.165) is 22.2 Å². The van der Waals surface area contributed by atoms with Crippen molar-refractivity contribution >= 4 is 29.6 Å². The van der Waals surface area contributed by atoms with E-state index in [1.54, 1.807) is 0 Å². The van der Waals surface area contributed by atoms with Gasteiger partial charge in [0.25, 0.3) is 0 Å². The van der Waals surface area contributed by atoms with Crippen LogP contribution in [0.3, 0.4) is 0 Å². The number of aromatic amines is 1. The highest BCUT2D eigenvalue weighted by Gasteiger charge is 2.16. The van der Waals surface area contributed by atoms with E-state index in [1.807, 2.05) is 30.3 Å². The van der Waals surface area contributed by atoms with Crippen molar-refractivity contribution in [3.8, 4) is 0 Å². The SMILES string of the molecule is CC(C)(C)c1nc(=S)cc(NCc2ccc(Cl)cc2)[nH]1. The summed E-state index contributed by atoms with van der Waals surface area (Å²) in [6.07, 6.45) is 0. The van der Waals surface area contributed by atoms with Crippen molar-refractivity contribution in [2.24, 2.45) is 0 Å². The zero-order valence-electron chi connectivity index (χ0n) is 11.8. The molecule has 0 aliphatic carbocycles. The van der Waals surface area contributed by atoms with Gasteiger partial charge in [0.1, 0.15) is 16.3 Å². The molecular formula is C15H18ClN3S. The monoisotopic (exact) mass is 307 g/mol. The number of halogens is 1. The standard InChI is InChI=1S/C15H18ClN3S/c1-15(2,3)14-18-12(8-13(20)19-14)17-9-10-4-6-11(16)7-5-10/h4-8H,9H2,1-3H3,(H2,17,18,19,20). The van der Waals surface area contributed by atoms with Crippen LogP contribution in [0.15, 0.2) is 30.3 Å². The molecule has 0 amide bonds. The molecule has 0 aliphatic rings. The third-order valence-electron chi connectivity index (χ3n) is 2.85. The summed E-state index contributed by atoms with van der Waals surface area (Å²) in [4.78, 5) is 7.67. The summed E-state index contributed by atoms with van der Waals surface area (Å²) in [5, 5.41) is 4.07. The number of hydrogen-bond donors (Lipinski definition) is 2. The molecule has 0 aliphatic heterocycles. The second kappa shape index (κ2) is 5.94. The first-order valence-electron chi connectivity index (χ1n) is 6.45. The Labute approximate surface area is 129 Å². The molecule has 2 rings (SSSR count). The Balaban J connectivity index is 2.15. The van der Waals surface area contributed by atoms with Crippen LogP contribution in [0.1, 0.15) is 32.2 Å². The molecule has 20 heavy (non-hydrogen) atoms. The van der Waals surface area contributed by atoms with Crippen LogP contribution in [0.5, 0.6) is 0 Å². The molecule has 0 atom stereocenters. The van der Waals surface area contributed by atoms with Crippen LogP contribution in [-0.2, 0) is 12.0 Å². The van der Waals surface area contributed by atoms with Gasteiger partial charge in [0.05, 0.1) is 0 Å². The molecule has 0 fully saturated rings. The summed E-state index contributed by atoms with van der Waals surface area (Å²) in [6, 6.07) is 9.59. The van der Waals surface area contributed by atoms with Gasteiger partial charge in [-0.15, -0.1) is 0 Å². The van der Waals surface area contributed by atoms with Crippen LogP contribution in [0, 0.1) is 4.64 Å². The van der Waals surface area contributed by atoms with Gasteiger partial charge in [-0.2, -0.15) is 0 Å². The summed E-state index contributed by atoms with van der Waals surface area (Å²) < 4.78 is 0.590. The molecule has 0 saturated carbocycles. The highest BCUT2D eigenvalue weighted by molar-refractivity contribution is 7.71. The van der Waals surface area contributed by atoms with Crippen LogP contribution < -0.4 is 5.32 Å². The van der Waals surface area contributed by atoms with Crippen molar-refractivity contribution < 1.29 is 0 Å². The average molecular weight is 308 g/mol. The molecule has 0 spiro atoms. The molecule has 106 valence electrons. The van der Waals surface area contributed by atoms with Crippen molar-refractivity contribution in [3.05, 3.63) is 51.4 Å². The number of anilines is 1. The molecule has 2 aromatic rings. The predicted molar refractivity (Wildman–Crippen MR) is 86.9 cm³/mol. The lowest BCUT2D eigenvalue weighted by molar-refractivity contribution is 0.545. The summed E-state index contributed by atoms with van der Waals surface area (Å²) in [5.74, 6) is 1.76. The van der Waals surface area contributed by atoms with E-state index >= 15 is 0 Å². The predicted octanol–water partition coefficient (Wildman–Crippen LogP) is 4.70. The van der Waals surface area contributed by atoms with Gasteiger partial charge in [-0.1, -0.05) is 56.7 Å². The highest BCUT2D eigenvalue weighted by atomic mass is 35.5. The van der Waals surface area contributed by atoms with Crippen LogP contribution in [0.25, 0.3) is 0 Å². The Hall–Kier alpha value is -1.39. The molecule has 0 saturated heterocycles. The molecule has 2 N–H and O–H groups in total. The summed E-state index contributed by atoms with van der Waals surface area (Å²) in [6.45, 7) is 7.01. The fourth-order valence-corrected chi connectivity index (χ4v) is 2.04. The molecule has 3 nitrogen and oxygen atoms in total. The number of benzene rings is 1. The molecule has 5 heteroatoms. The number of aromatic nitrogens is 2. The van der Waals surface area contributed by atoms with Gasteiger partial charge in [0.2, 0.25) is 0 Å². The molecule has 0 radical (unpaired) electrons. The van der Waals surface area contributed by atoms with Crippen molar-refractivity contribution in [2.45, 2.75) is 32.7 Å². The number of hydrogen-bond acceptors (Lipinski definition) is 3. The van der Waals surface area contributed by atoms with E-state index in [4.69, 9.17) is 23.8 Å². The fourth-order valence-electron chi connectivity index (χ4n) is 1.71. The van der Waals surface area contributed by atoms with E-state index in [1.165, 1.54) is 0 Å². The van der Waals surface area contributed by atoms with Crippen molar-refractivity contribution in [3.63, 3.8) is 0 Å². The van der Waals surface area contributed by atoms with Gasteiger partial charge in [-0.05, 0) is 17.7 Å². The number of nitrogens with one attached hydrogen (secondary N) is 2. The topological polar surface area (TPSA) is 40.7 Å². The zero-order valence-corrected chi connectivity index (χ0v) is 13.4. The largest absolute Gasteiger partial charge is 0.367 e. The van der Waals surface area contributed by atoms with Gasteiger partial charge in [-0.3, -0.25) is 0 Å². The minimum atomic E-state index is -0.0640. The van der Waals surface area contributed by atoms with Gasteiger partial charge in [-0.25, -0.2) is 4.98 Å². The first kappa shape index (κ1) is 15.0. The number of rotatable bonds is 3. The van der Waals surface area contributed by atoms with E-state index in [0.29, 0.717) is 11.2 Å². The molecular weight excluding hydrogens is 290 g/mol. The van der Waals surface area contributed by atoms with Crippen molar-refractivity contribution in [2.75, 3.05) is 5.32 Å². The molecule has 0 bridgehead atoms. The van der Waals surface area contributed by atoms with Crippen molar-refractivity contribution in [1.82, 2.24) is 9.97 Å². The molecule has 1 aromatic heterocycles. The highest BCUT2D eigenvalue weighted by Crippen LogP contribution is 2.19. The second-order valence-corrected chi connectivity index (χ2v) is 6.57. The minimum absolute atomic E-state index is 0.0640. The first-order chi connectivity index (χ1) is 9.34. The van der Waals surface area contributed by atoms with Gasteiger partial charge >= 0.3 is 0 Å². The first-order valence-corrected chi connectivity index (χ1v) is 7.23. The zero-order chi connectivity index (χ0) is 14.8. The van der Waals surface area contributed by atoms with Gasteiger partial charge in [0, 0.05) is 23.0 Å². The number of nitrogens with zero attached hydrogens (tertiary/aromatic N) is 1. The lowest BCUT2D eigenvalue weighted by Crippen LogP contribution is -2.17. The summed E-state index contributed by atoms with van der Waals surface area (Å²) in [5.41, 5.74) is 1.09.